The van der Waals surface area contributed by atoms with Gasteiger partial charge < -0.3 is 19.7 Å². The number of rotatable bonds is 6. The van der Waals surface area contributed by atoms with Gasteiger partial charge in [0, 0.05) is 6.54 Å². The van der Waals surface area contributed by atoms with Crippen LogP contribution >= 0.6 is 0 Å². The van der Waals surface area contributed by atoms with Gasteiger partial charge in [-0.1, -0.05) is 30.3 Å². The minimum atomic E-state index is -1.19. The molecule has 2 atom stereocenters. The van der Waals surface area contributed by atoms with Crippen molar-refractivity contribution in [2.24, 2.45) is 5.41 Å². The van der Waals surface area contributed by atoms with E-state index in [0.29, 0.717) is 24.8 Å². The standard InChI is InChI=1S/C22H28N2O6/c1-21(2,3)30-18(26)16(14-8-6-5-7-9-14)24-13-10-15(17(24)25)23-19(27)22(11-12-22)20(28)29-4/h5-9,15-16H,10-13H2,1-4H3,(H,23,27)/t15-,16-/m0/s1. The molecule has 2 amide bonds. The first-order valence-corrected chi connectivity index (χ1v) is 10.1. The van der Waals surface area contributed by atoms with E-state index in [1.54, 1.807) is 45.0 Å². The molecular formula is C22H28N2O6. The fraction of sp³-hybridized carbons (Fsp3) is 0.545. The van der Waals surface area contributed by atoms with Gasteiger partial charge in [-0.2, -0.15) is 0 Å². The minimum Gasteiger partial charge on any atom is -0.468 e. The smallest absolute Gasteiger partial charge is 0.334 e. The third-order valence-corrected chi connectivity index (χ3v) is 5.36. The molecule has 1 aromatic rings. The summed E-state index contributed by atoms with van der Waals surface area (Å²) in [5.74, 6) is -1.98. The molecule has 2 fully saturated rings. The number of carbonyl (C=O) groups is 4. The number of likely N-dealkylation sites (tertiary alicyclic amines) is 1. The lowest BCUT2D eigenvalue weighted by atomic mass is 10.0. The molecule has 0 unspecified atom stereocenters. The van der Waals surface area contributed by atoms with Crippen LogP contribution in [0.3, 0.4) is 0 Å². The van der Waals surface area contributed by atoms with Crippen molar-refractivity contribution in [1.29, 1.82) is 0 Å². The van der Waals surface area contributed by atoms with Gasteiger partial charge in [0.25, 0.3) is 0 Å². The summed E-state index contributed by atoms with van der Waals surface area (Å²) >= 11 is 0. The van der Waals surface area contributed by atoms with E-state index in [1.165, 1.54) is 12.0 Å². The van der Waals surface area contributed by atoms with Crippen LogP contribution in [0.1, 0.15) is 51.6 Å². The lowest BCUT2D eigenvalue weighted by Gasteiger charge is -2.30. The normalized spacial score (nSPS) is 21.0. The monoisotopic (exact) mass is 416 g/mol. The highest BCUT2D eigenvalue weighted by molar-refractivity contribution is 6.07. The number of nitrogens with one attached hydrogen (secondary N) is 1. The van der Waals surface area contributed by atoms with Crippen molar-refractivity contribution in [3.05, 3.63) is 35.9 Å². The second-order valence-corrected chi connectivity index (χ2v) is 8.77. The Labute approximate surface area is 175 Å². The third-order valence-electron chi connectivity index (χ3n) is 5.36. The molecular weight excluding hydrogens is 388 g/mol. The van der Waals surface area contributed by atoms with Gasteiger partial charge in [0.05, 0.1) is 7.11 Å². The summed E-state index contributed by atoms with van der Waals surface area (Å²) in [7, 11) is 1.24. The largest absolute Gasteiger partial charge is 0.468 e. The van der Waals surface area contributed by atoms with Crippen molar-refractivity contribution in [3.63, 3.8) is 0 Å². The Morgan fingerprint density at radius 1 is 1.17 bits per heavy atom. The van der Waals surface area contributed by atoms with E-state index < -0.39 is 40.9 Å². The molecule has 1 saturated heterocycles. The van der Waals surface area contributed by atoms with E-state index in [2.05, 4.69) is 5.32 Å². The molecule has 1 saturated carbocycles. The first kappa shape index (κ1) is 21.8. The first-order valence-electron chi connectivity index (χ1n) is 10.1. The van der Waals surface area contributed by atoms with E-state index in [1.807, 2.05) is 6.07 Å². The molecule has 162 valence electrons. The van der Waals surface area contributed by atoms with Gasteiger partial charge in [0.15, 0.2) is 6.04 Å². The Balaban J connectivity index is 1.78. The van der Waals surface area contributed by atoms with Gasteiger partial charge in [0.2, 0.25) is 11.8 Å². The second-order valence-electron chi connectivity index (χ2n) is 8.77. The molecule has 0 aromatic heterocycles. The minimum absolute atomic E-state index is 0.286. The van der Waals surface area contributed by atoms with Crippen LogP contribution in [0.15, 0.2) is 30.3 Å². The predicted molar refractivity (Wildman–Crippen MR) is 107 cm³/mol. The number of methoxy groups -OCH3 is 1. The summed E-state index contributed by atoms with van der Waals surface area (Å²) in [5, 5.41) is 2.69. The molecule has 1 heterocycles. The number of carbonyl (C=O) groups excluding carboxylic acids is 4. The highest BCUT2D eigenvalue weighted by Crippen LogP contribution is 2.47. The average molecular weight is 416 g/mol. The zero-order chi connectivity index (χ0) is 22.1. The van der Waals surface area contributed by atoms with Crippen LogP contribution < -0.4 is 5.32 Å². The maximum absolute atomic E-state index is 13.1. The number of ether oxygens (including phenoxy) is 2. The lowest BCUT2D eigenvalue weighted by molar-refractivity contribution is -0.164. The number of nitrogens with zero attached hydrogens (tertiary/aromatic N) is 1. The van der Waals surface area contributed by atoms with Crippen molar-refractivity contribution < 1.29 is 28.7 Å². The summed E-state index contributed by atoms with van der Waals surface area (Å²) in [6, 6.07) is 7.24. The maximum atomic E-state index is 13.1. The Kier molecular flexibility index (Phi) is 5.87. The van der Waals surface area contributed by atoms with Gasteiger partial charge in [-0.05, 0) is 45.6 Å². The van der Waals surface area contributed by atoms with E-state index in [9.17, 15) is 19.2 Å². The van der Waals surface area contributed by atoms with E-state index in [4.69, 9.17) is 9.47 Å². The summed E-state index contributed by atoms with van der Waals surface area (Å²) in [5.41, 5.74) is -1.26. The van der Waals surface area contributed by atoms with Gasteiger partial charge in [0.1, 0.15) is 17.1 Å². The van der Waals surface area contributed by atoms with Crippen molar-refractivity contribution in [1.82, 2.24) is 10.2 Å². The predicted octanol–water partition coefficient (Wildman–Crippen LogP) is 1.74. The number of amides is 2. The van der Waals surface area contributed by atoms with Crippen molar-refractivity contribution in [2.45, 2.75) is 57.7 Å². The van der Waals surface area contributed by atoms with Crippen LogP contribution in [0.25, 0.3) is 0 Å². The van der Waals surface area contributed by atoms with E-state index in [-0.39, 0.29) is 12.5 Å². The van der Waals surface area contributed by atoms with Gasteiger partial charge in [-0.15, -0.1) is 0 Å². The number of hydrogen-bond acceptors (Lipinski definition) is 6. The molecule has 0 spiro atoms. The fourth-order valence-electron chi connectivity index (χ4n) is 3.67. The zero-order valence-electron chi connectivity index (χ0n) is 17.8. The van der Waals surface area contributed by atoms with E-state index in [0.717, 1.165) is 0 Å². The zero-order valence-corrected chi connectivity index (χ0v) is 17.8. The van der Waals surface area contributed by atoms with Crippen LogP contribution in [-0.2, 0) is 28.7 Å². The quantitative estimate of drug-likeness (QED) is 0.560. The molecule has 1 aromatic carbocycles. The van der Waals surface area contributed by atoms with Crippen molar-refractivity contribution in [3.8, 4) is 0 Å². The molecule has 0 radical (unpaired) electrons. The highest BCUT2D eigenvalue weighted by atomic mass is 16.6. The molecule has 0 bridgehead atoms. The van der Waals surface area contributed by atoms with Gasteiger partial charge in [-0.25, -0.2) is 4.79 Å². The van der Waals surface area contributed by atoms with Crippen LogP contribution in [0.4, 0.5) is 0 Å². The summed E-state index contributed by atoms with van der Waals surface area (Å²) in [4.78, 5) is 52.0. The Morgan fingerprint density at radius 2 is 1.80 bits per heavy atom. The molecule has 8 heteroatoms. The number of hydrogen-bond donors (Lipinski definition) is 1. The second kappa shape index (κ2) is 8.08. The third kappa shape index (κ3) is 4.32. The van der Waals surface area contributed by atoms with Crippen LogP contribution in [-0.4, -0.2) is 54.0 Å². The Bertz CT molecular complexity index is 841. The number of benzene rings is 1. The van der Waals surface area contributed by atoms with Crippen LogP contribution in [0.2, 0.25) is 0 Å². The topological polar surface area (TPSA) is 102 Å². The molecule has 1 aliphatic carbocycles. The van der Waals surface area contributed by atoms with E-state index >= 15 is 0 Å². The Morgan fingerprint density at radius 3 is 2.33 bits per heavy atom. The summed E-state index contributed by atoms with van der Waals surface area (Å²) in [6.07, 6.45) is 1.15. The average Bonchev–Trinajstić information content (AvgIpc) is 3.43. The van der Waals surface area contributed by atoms with Gasteiger partial charge >= 0.3 is 11.9 Å². The SMILES string of the molecule is COC(=O)C1(C(=O)N[C@H]2CCN([C@H](C(=O)OC(C)(C)C)c3ccccc3)C2=O)CC1. The summed E-state index contributed by atoms with van der Waals surface area (Å²) in [6.45, 7) is 5.59. The lowest BCUT2D eigenvalue weighted by Crippen LogP contribution is -2.48. The molecule has 1 N–H and O–H groups in total. The molecule has 8 nitrogen and oxygen atoms in total. The number of esters is 2. The Hall–Kier alpha value is -2.90. The molecule has 2 aliphatic rings. The maximum Gasteiger partial charge on any atom is 0.334 e. The molecule has 3 rings (SSSR count). The van der Waals surface area contributed by atoms with Crippen molar-refractivity contribution >= 4 is 23.8 Å². The molecule has 30 heavy (non-hydrogen) atoms. The first-order chi connectivity index (χ1) is 14.1. The molecule has 1 aliphatic heterocycles. The fourth-order valence-corrected chi connectivity index (χ4v) is 3.67. The van der Waals surface area contributed by atoms with Crippen molar-refractivity contribution in [2.75, 3.05) is 13.7 Å². The van der Waals surface area contributed by atoms with Crippen LogP contribution in [0, 0.1) is 5.41 Å². The van der Waals surface area contributed by atoms with Crippen LogP contribution in [0.5, 0.6) is 0 Å². The van der Waals surface area contributed by atoms with Gasteiger partial charge in [-0.3, -0.25) is 14.4 Å². The highest BCUT2D eigenvalue weighted by Gasteiger charge is 2.58. The summed E-state index contributed by atoms with van der Waals surface area (Å²) < 4.78 is 10.3.